The lowest BCUT2D eigenvalue weighted by molar-refractivity contribution is -0.134. The molecule has 0 radical (unpaired) electrons. The molecule has 5 rings (SSSR count). The Hall–Kier alpha value is -6.32. The van der Waals surface area contributed by atoms with Gasteiger partial charge < -0.3 is 16.6 Å². The number of aliphatic carboxylic acids is 1. The van der Waals surface area contributed by atoms with Gasteiger partial charge in [-0.25, -0.2) is 4.79 Å². The first-order valence-corrected chi connectivity index (χ1v) is 16.0. The summed E-state index contributed by atoms with van der Waals surface area (Å²) in [5, 5.41) is 30.5. The molecule has 0 amide bonds. The number of carboxylic acid groups (broad SMARTS) is 1. The van der Waals surface area contributed by atoms with Crippen LogP contribution in [0.15, 0.2) is 121 Å². The minimum atomic E-state index is -4.33. The molecule has 7 N–H and O–H groups in total. The monoisotopic (exact) mass is 678 g/mol. The number of nitrogens with two attached hydrogens (primary N) is 2. The van der Waals surface area contributed by atoms with Gasteiger partial charge in [-0.2, -0.15) is 23.7 Å². The van der Waals surface area contributed by atoms with Gasteiger partial charge in [-0.3, -0.25) is 14.8 Å². The number of nitrogens with zero attached hydrogens (tertiary/aromatic N) is 5. The summed E-state index contributed by atoms with van der Waals surface area (Å²) in [4.78, 5) is 22.7. The van der Waals surface area contributed by atoms with Crippen LogP contribution in [-0.4, -0.2) is 35.5 Å². The Morgan fingerprint density at radius 3 is 2.04 bits per heavy atom. The normalized spacial score (nSPS) is 14.2. The summed E-state index contributed by atoms with van der Waals surface area (Å²) in [6.07, 6.45) is 3.83. The summed E-state index contributed by atoms with van der Waals surface area (Å²) in [5.74, 6) is -1.90. The van der Waals surface area contributed by atoms with Crippen LogP contribution in [0.25, 0.3) is 11.1 Å². The largest absolute Gasteiger partial charge is 0.478 e. The Balaban J connectivity index is 1.33. The van der Waals surface area contributed by atoms with Crippen molar-refractivity contribution in [3.05, 3.63) is 107 Å². The number of carboxylic acids is 1. The predicted octanol–water partition coefficient (Wildman–Crippen LogP) is 7.44. The quantitative estimate of drug-likeness (QED) is 0.0295. The van der Waals surface area contributed by atoms with E-state index in [0.29, 0.717) is 34.0 Å². The van der Waals surface area contributed by atoms with E-state index in [2.05, 4.69) is 31.0 Å². The number of ketones is 1. The Kier molecular flexibility index (Phi) is 9.59. The molecule has 0 atom stereocenters. The van der Waals surface area contributed by atoms with Gasteiger partial charge in [0.15, 0.2) is 5.78 Å². The number of nitrogens with one attached hydrogen (secondary N) is 1. The van der Waals surface area contributed by atoms with Crippen LogP contribution in [0.4, 0.5) is 39.8 Å². The van der Waals surface area contributed by atoms with Crippen molar-refractivity contribution in [2.75, 3.05) is 16.9 Å². The molecule has 49 heavy (non-hydrogen) atoms. The molecule has 4 aromatic rings. The van der Waals surface area contributed by atoms with Crippen LogP contribution in [0.1, 0.15) is 16.7 Å². The zero-order valence-electron chi connectivity index (χ0n) is 26.4. The second-order valence-electron chi connectivity index (χ2n) is 11.0. The van der Waals surface area contributed by atoms with Crippen molar-refractivity contribution in [1.82, 2.24) is 0 Å². The minimum absolute atomic E-state index is 0.153. The third kappa shape index (κ3) is 7.81. The van der Waals surface area contributed by atoms with E-state index < -0.39 is 21.9 Å². The number of aryl methyl sites for hydroxylation is 3. The van der Waals surface area contributed by atoms with Crippen LogP contribution in [0.3, 0.4) is 0 Å². The Morgan fingerprint density at radius 1 is 0.755 bits per heavy atom. The predicted molar refractivity (Wildman–Crippen MR) is 187 cm³/mol. The molecule has 1 aliphatic carbocycles. The minimum Gasteiger partial charge on any atom is -0.478 e. The average molecular weight is 679 g/mol. The highest BCUT2D eigenvalue weighted by molar-refractivity contribution is 7.85. The van der Waals surface area contributed by atoms with E-state index >= 15 is 0 Å². The second kappa shape index (κ2) is 13.8. The van der Waals surface area contributed by atoms with E-state index in [1.165, 1.54) is 42.5 Å². The van der Waals surface area contributed by atoms with Crippen LogP contribution in [0, 0.1) is 20.8 Å². The number of hydrogen-bond acceptors (Lipinski definition) is 12. The number of carbonyl (C=O) groups is 2. The first-order chi connectivity index (χ1) is 23.2. The Bertz CT molecular complexity index is 2270. The molecule has 0 saturated carbocycles. The molecule has 0 aromatic heterocycles. The van der Waals surface area contributed by atoms with Gasteiger partial charge in [-0.1, -0.05) is 12.1 Å². The van der Waals surface area contributed by atoms with Crippen LogP contribution >= 0.6 is 0 Å². The fraction of sp³-hybridized carbons (Fsp3) is 0.0882. The Labute approximate surface area is 281 Å². The Morgan fingerprint density at radius 2 is 1.41 bits per heavy atom. The molecule has 0 unspecified atom stereocenters. The van der Waals surface area contributed by atoms with Crippen molar-refractivity contribution in [2.45, 2.75) is 25.7 Å². The van der Waals surface area contributed by atoms with Gasteiger partial charge in [0.2, 0.25) is 0 Å². The van der Waals surface area contributed by atoms with Crippen LogP contribution in [-0.2, 0) is 19.7 Å². The maximum Gasteiger partial charge on any atom is 0.339 e. The SMILES string of the molecule is Cc1cc(-c2ccc(NN=C3C=CC(=O)C(C(=O)O)=C3)c(C)c2)ccc1N=Nc1c(N)c(C)cc(N=Nc2ccc(S(=O)(=O)O)cc2)c1N. The third-order valence-electron chi connectivity index (χ3n) is 7.49. The number of rotatable bonds is 9. The molecule has 0 saturated heterocycles. The number of azo groups is 2. The van der Waals surface area contributed by atoms with Crippen molar-refractivity contribution in [3.8, 4) is 11.1 Å². The molecule has 248 valence electrons. The number of allylic oxidation sites excluding steroid dienone is 3. The zero-order chi connectivity index (χ0) is 35.5. The fourth-order valence-electron chi connectivity index (χ4n) is 4.70. The lowest BCUT2D eigenvalue weighted by atomic mass is 10.00. The van der Waals surface area contributed by atoms with Crippen LogP contribution in [0.2, 0.25) is 0 Å². The summed E-state index contributed by atoms with van der Waals surface area (Å²) < 4.78 is 31.7. The van der Waals surface area contributed by atoms with E-state index in [9.17, 15) is 23.1 Å². The fourth-order valence-corrected chi connectivity index (χ4v) is 5.18. The zero-order valence-corrected chi connectivity index (χ0v) is 27.2. The maximum atomic E-state index is 11.7. The first-order valence-electron chi connectivity index (χ1n) is 14.5. The molecule has 1 aliphatic rings. The number of benzene rings is 4. The topological polar surface area (TPSA) is 235 Å². The number of hydrazone groups is 1. The van der Waals surface area contributed by atoms with E-state index in [4.69, 9.17) is 16.0 Å². The number of nitrogen functional groups attached to an aromatic ring is 2. The number of hydrogen-bond donors (Lipinski definition) is 5. The molecule has 0 bridgehead atoms. The molecule has 0 spiro atoms. The molecular formula is C34H30N8O6S. The van der Waals surface area contributed by atoms with Crippen molar-refractivity contribution in [2.24, 2.45) is 25.6 Å². The van der Waals surface area contributed by atoms with Gasteiger partial charge in [-0.05, 0) is 121 Å². The highest BCUT2D eigenvalue weighted by Gasteiger charge is 2.19. The van der Waals surface area contributed by atoms with Crippen molar-refractivity contribution in [1.29, 1.82) is 0 Å². The number of carbonyl (C=O) groups excluding carboxylic acids is 1. The van der Waals surface area contributed by atoms with E-state index in [1.54, 1.807) is 13.0 Å². The molecular weight excluding hydrogens is 648 g/mol. The van der Waals surface area contributed by atoms with Gasteiger partial charge in [0, 0.05) is 0 Å². The smallest absolute Gasteiger partial charge is 0.339 e. The van der Waals surface area contributed by atoms with Gasteiger partial charge >= 0.3 is 5.97 Å². The second-order valence-corrected chi connectivity index (χ2v) is 12.4. The van der Waals surface area contributed by atoms with Gasteiger partial charge in [0.05, 0.1) is 39.0 Å². The molecule has 0 heterocycles. The van der Waals surface area contributed by atoms with E-state index in [-0.39, 0.29) is 27.5 Å². The average Bonchev–Trinajstić information content (AvgIpc) is 3.06. The highest BCUT2D eigenvalue weighted by Crippen LogP contribution is 2.41. The lowest BCUT2D eigenvalue weighted by Gasteiger charge is -2.11. The van der Waals surface area contributed by atoms with Crippen molar-refractivity contribution in [3.63, 3.8) is 0 Å². The summed E-state index contributed by atoms with van der Waals surface area (Å²) in [6, 6.07) is 18.3. The van der Waals surface area contributed by atoms with Crippen molar-refractivity contribution >= 4 is 67.4 Å². The summed E-state index contributed by atoms with van der Waals surface area (Å²) in [7, 11) is -4.33. The molecule has 15 heteroatoms. The van der Waals surface area contributed by atoms with Crippen molar-refractivity contribution < 1.29 is 27.7 Å². The third-order valence-corrected chi connectivity index (χ3v) is 8.35. The van der Waals surface area contributed by atoms with Gasteiger partial charge in [-0.15, -0.1) is 10.2 Å². The van der Waals surface area contributed by atoms with Gasteiger partial charge in [0.25, 0.3) is 10.1 Å². The molecule has 4 aromatic carbocycles. The summed E-state index contributed by atoms with van der Waals surface area (Å²) in [6.45, 7) is 5.57. The first kappa shape index (κ1) is 34.0. The summed E-state index contributed by atoms with van der Waals surface area (Å²) >= 11 is 0. The van der Waals surface area contributed by atoms with Gasteiger partial charge in [0.1, 0.15) is 16.9 Å². The highest BCUT2D eigenvalue weighted by atomic mass is 32.2. The van der Waals surface area contributed by atoms with E-state index in [1.807, 2.05) is 50.2 Å². The number of anilines is 3. The maximum absolute atomic E-state index is 11.7. The summed E-state index contributed by atoms with van der Waals surface area (Å²) in [5.41, 5.74) is 22.4. The molecule has 0 aliphatic heterocycles. The molecule has 14 nitrogen and oxygen atoms in total. The van der Waals surface area contributed by atoms with E-state index in [0.717, 1.165) is 22.3 Å². The molecule has 0 fully saturated rings. The standard InChI is InChI=1S/C34H30N8O6S/c1-18-14-21(4-11-27(18)39-38-24-8-13-30(43)26(17-24)34(44)45)22-5-12-28(19(2)15-22)40-42-33-31(35)20(3)16-29(32(33)36)41-37-23-6-9-25(10-7-23)49(46,47)48/h4-17,39H,35-36H2,1-3H3,(H,44,45)(H,46,47,48). The van der Waals surface area contributed by atoms with Crippen LogP contribution in [0.5, 0.6) is 0 Å². The van der Waals surface area contributed by atoms with Crippen LogP contribution < -0.4 is 16.9 Å². The lowest BCUT2D eigenvalue weighted by Crippen LogP contribution is -2.16.